The summed E-state index contributed by atoms with van der Waals surface area (Å²) in [6, 6.07) is 5.45. The number of carbonyl (C=O) groups is 1. The minimum Gasteiger partial charge on any atom is -0.352 e. The molecular weight excluding hydrogens is 258 g/mol. The van der Waals surface area contributed by atoms with E-state index in [1.165, 1.54) is 12.2 Å². The van der Waals surface area contributed by atoms with Gasteiger partial charge in [-0.05, 0) is 55.5 Å². The molecular formula is C14H23N3OS. The summed E-state index contributed by atoms with van der Waals surface area (Å²) >= 11 is 1.86. The summed E-state index contributed by atoms with van der Waals surface area (Å²) in [6.45, 7) is 2.66. The Morgan fingerprint density at radius 1 is 1.32 bits per heavy atom. The van der Waals surface area contributed by atoms with Crippen LogP contribution >= 0.6 is 11.8 Å². The maximum Gasteiger partial charge on any atom is 0.251 e. The summed E-state index contributed by atoms with van der Waals surface area (Å²) in [5.41, 5.74) is 5.09. The molecule has 0 aliphatic carbocycles. The molecule has 4 N–H and O–H groups in total. The van der Waals surface area contributed by atoms with Gasteiger partial charge in [0.2, 0.25) is 0 Å². The molecule has 106 valence electrons. The SMILES string of the molecule is CSCCCCCNC(=O)c1ccc(NN)c(C)c1. The molecule has 1 rings (SSSR count). The molecule has 1 aromatic rings. The van der Waals surface area contributed by atoms with Gasteiger partial charge in [0.25, 0.3) is 5.91 Å². The minimum atomic E-state index is -0.0171. The molecule has 5 heteroatoms. The highest BCUT2D eigenvalue weighted by atomic mass is 32.2. The van der Waals surface area contributed by atoms with Crippen molar-refractivity contribution in [3.8, 4) is 0 Å². The zero-order chi connectivity index (χ0) is 14.1. The fraction of sp³-hybridized carbons (Fsp3) is 0.500. The summed E-state index contributed by atoms with van der Waals surface area (Å²) in [5.74, 6) is 6.54. The molecule has 0 saturated carbocycles. The van der Waals surface area contributed by atoms with Gasteiger partial charge in [-0.15, -0.1) is 0 Å². The Morgan fingerprint density at radius 2 is 2.11 bits per heavy atom. The monoisotopic (exact) mass is 281 g/mol. The largest absolute Gasteiger partial charge is 0.352 e. The summed E-state index contributed by atoms with van der Waals surface area (Å²) in [5, 5.41) is 2.94. The standard InChI is InChI=1S/C14H23N3OS/c1-11-10-12(6-7-13(11)17-15)14(18)16-8-4-3-5-9-19-2/h6-7,10,17H,3-5,8-9,15H2,1-2H3,(H,16,18). The Morgan fingerprint density at radius 3 is 2.74 bits per heavy atom. The van der Waals surface area contributed by atoms with Crippen LogP contribution in [0.15, 0.2) is 18.2 Å². The zero-order valence-corrected chi connectivity index (χ0v) is 12.5. The van der Waals surface area contributed by atoms with Crippen molar-refractivity contribution < 1.29 is 4.79 Å². The molecule has 4 nitrogen and oxygen atoms in total. The molecule has 0 atom stereocenters. The second-order valence-corrected chi connectivity index (χ2v) is 5.47. The maximum atomic E-state index is 11.9. The lowest BCUT2D eigenvalue weighted by atomic mass is 10.1. The molecule has 0 radical (unpaired) electrons. The van der Waals surface area contributed by atoms with E-state index in [9.17, 15) is 4.79 Å². The lowest BCUT2D eigenvalue weighted by Crippen LogP contribution is -2.24. The number of hydrogen-bond donors (Lipinski definition) is 3. The van der Waals surface area contributed by atoms with E-state index in [1.807, 2.05) is 30.8 Å². The quantitative estimate of drug-likeness (QED) is 0.389. The Balaban J connectivity index is 2.35. The molecule has 0 aromatic heterocycles. The van der Waals surface area contributed by atoms with E-state index >= 15 is 0 Å². The molecule has 0 aliphatic rings. The van der Waals surface area contributed by atoms with Gasteiger partial charge in [0.05, 0.1) is 5.69 Å². The second-order valence-electron chi connectivity index (χ2n) is 4.48. The van der Waals surface area contributed by atoms with Gasteiger partial charge in [-0.25, -0.2) is 0 Å². The van der Waals surface area contributed by atoms with Crippen molar-refractivity contribution >= 4 is 23.4 Å². The maximum absolute atomic E-state index is 11.9. The summed E-state index contributed by atoms with van der Waals surface area (Å²) in [6.07, 6.45) is 5.53. The summed E-state index contributed by atoms with van der Waals surface area (Å²) in [7, 11) is 0. The van der Waals surface area contributed by atoms with Gasteiger partial charge in [0, 0.05) is 12.1 Å². The number of anilines is 1. The third-order valence-electron chi connectivity index (χ3n) is 2.95. The average molecular weight is 281 g/mol. The van der Waals surface area contributed by atoms with E-state index in [0.29, 0.717) is 5.56 Å². The smallest absolute Gasteiger partial charge is 0.251 e. The Bertz CT molecular complexity index is 410. The Labute approximate surface area is 119 Å². The number of nitrogen functional groups attached to an aromatic ring is 1. The fourth-order valence-corrected chi connectivity index (χ4v) is 2.31. The lowest BCUT2D eigenvalue weighted by Gasteiger charge is -2.08. The number of thioether (sulfide) groups is 1. The van der Waals surface area contributed by atoms with Crippen LogP contribution in [-0.4, -0.2) is 24.5 Å². The number of hydrazine groups is 1. The number of nitrogens with two attached hydrogens (primary N) is 1. The molecule has 1 amide bonds. The molecule has 0 unspecified atom stereocenters. The van der Waals surface area contributed by atoms with Gasteiger partial charge in [-0.1, -0.05) is 6.42 Å². The molecule has 0 aliphatic heterocycles. The topological polar surface area (TPSA) is 67.2 Å². The summed E-state index contributed by atoms with van der Waals surface area (Å²) < 4.78 is 0. The predicted octanol–water partition coefficient (Wildman–Crippen LogP) is 2.54. The van der Waals surface area contributed by atoms with Crippen molar-refractivity contribution in [1.82, 2.24) is 5.32 Å². The molecule has 19 heavy (non-hydrogen) atoms. The fourth-order valence-electron chi connectivity index (χ4n) is 1.82. The van der Waals surface area contributed by atoms with Gasteiger partial charge >= 0.3 is 0 Å². The number of nitrogens with one attached hydrogen (secondary N) is 2. The van der Waals surface area contributed by atoms with E-state index in [-0.39, 0.29) is 5.91 Å². The van der Waals surface area contributed by atoms with Gasteiger partial charge in [-0.3, -0.25) is 10.6 Å². The Kier molecular flexibility index (Phi) is 7.36. The van der Waals surface area contributed by atoms with E-state index in [2.05, 4.69) is 17.0 Å². The first-order valence-electron chi connectivity index (χ1n) is 6.53. The van der Waals surface area contributed by atoms with Crippen molar-refractivity contribution in [3.05, 3.63) is 29.3 Å². The minimum absolute atomic E-state index is 0.0171. The summed E-state index contributed by atoms with van der Waals surface area (Å²) in [4.78, 5) is 11.9. The van der Waals surface area contributed by atoms with Gasteiger partial charge < -0.3 is 10.7 Å². The number of hydrogen-bond acceptors (Lipinski definition) is 4. The number of benzene rings is 1. The van der Waals surface area contributed by atoms with Crippen LogP contribution in [0.2, 0.25) is 0 Å². The van der Waals surface area contributed by atoms with Crippen LogP contribution in [0.1, 0.15) is 35.2 Å². The normalized spacial score (nSPS) is 10.3. The molecule has 0 fully saturated rings. The van der Waals surface area contributed by atoms with Crippen LogP contribution in [0.4, 0.5) is 5.69 Å². The second kappa shape index (κ2) is 8.82. The third kappa shape index (κ3) is 5.53. The van der Waals surface area contributed by atoms with Crippen molar-refractivity contribution in [2.45, 2.75) is 26.2 Å². The first-order valence-corrected chi connectivity index (χ1v) is 7.93. The number of carbonyl (C=O) groups excluding carboxylic acids is 1. The van der Waals surface area contributed by atoms with Crippen LogP contribution in [-0.2, 0) is 0 Å². The van der Waals surface area contributed by atoms with Crippen LogP contribution in [0.5, 0.6) is 0 Å². The van der Waals surface area contributed by atoms with Crippen LogP contribution < -0.4 is 16.6 Å². The highest BCUT2D eigenvalue weighted by Crippen LogP contribution is 2.15. The van der Waals surface area contributed by atoms with Crippen LogP contribution in [0.3, 0.4) is 0 Å². The molecule has 1 aromatic carbocycles. The van der Waals surface area contributed by atoms with Crippen LogP contribution in [0.25, 0.3) is 0 Å². The van der Waals surface area contributed by atoms with Crippen molar-refractivity contribution in [2.75, 3.05) is 24.0 Å². The van der Waals surface area contributed by atoms with E-state index in [1.54, 1.807) is 6.07 Å². The highest BCUT2D eigenvalue weighted by molar-refractivity contribution is 7.98. The Hall–Kier alpha value is -1.20. The first-order chi connectivity index (χ1) is 9.19. The third-order valence-corrected chi connectivity index (χ3v) is 3.65. The number of unbranched alkanes of at least 4 members (excludes halogenated alkanes) is 2. The number of rotatable bonds is 8. The zero-order valence-electron chi connectivity index (χ0n) is 11.7. The molecule has 0 saturated heterocycles. The number of aryl methyl sites for hydroxylation is 1. The van der Waals surface area contributed by atoms with E-state index in [0.717, 1.165) is 30.6 Å². The number of amides is 1. The highest BCUT2D eigenvalue weighted by Gasteiger charge is 2.06. The van der Waals surface area contributed by atoms with E-state index < -0.39 is 0 Å². The van der Waals surface area contributed by atoms with Gasteiger partial charge in [0.15, 0.2) is 0 Å². The van der Waals surface area contributed by atoms with Gasteiger partial charge in [-0.2, -0.15) is 11.8 Å². The molecule has 0 heterocycles. The van der Waals surface area contributed by atoms with Crippen molar-refractivity contribution in [2.24, 2.45) is 5.84 Å². The lowest BCUT2D eigenvalue weighted by molar-refractivity contribution is 0.0953. The predicted molar refractivity (Wildman–Crippen MR) is 83.6 cm³/mol. The van der Waals surface area contributed by atoms with Gasteiger partial charge in [0.1, 0.15) is 0 Å². The average Bonchev–Trinajstić information content (AvgIpc) is 2.42. The molecule has 0 bridgehead atoms. The van der Waals surface area contributed by atoms with Crippen molar-refractivity contribution in [1.29, 1.82) is 0 Å². The first kappa shape index (κ1) is 15.9. The van der Waals surface area contributed by atoms with E-state index in [4.69, 9.17) is 5.84 Å². The van der Waals surface area contributed by atoms with Crippen LogP contribution in [0, 0.1) is 6.92 Å². The van der Waals surface area contributed by atoms with Crippen molar-refractivity contribution in [3.63, 3.8) is 0 Å². The molecule has 0 spiro atoms.